The summed E-state index contributed by atoms with van der Waals surface area (Å²) in [7, 11) is 1.18. The lowest BCUT2D eigenvalue weighted by Gasteiger charge is -2.33. The predicted molar refractivity (Wildman–Crippen MR) is 58.8 cm³/mol. The Balaban J connectivity index is 2.77. The number of ether oxygens (including phenoxy) is 1. The van der Waals surface area contributed by atoms with Crippen LogP contribution in [-0.2, 0) is 14.3 Å². The lowest BCUT2D eigenvalue weighted by Crippen LogP contribution is -2.60. The molecule has 8 nitrogen and oxygen atoms in total. The molecule has 0 aromatic carbocycles. The number of nitrogens with one attached hydrogen (secondary N) is 1. The normalized spacial score (nSPS) is 22.7. The number of carbonyl (C=O) groups excluding carboxylic acids is 2. The van der Waals surface area contributed by atoms with E-state index in [-0.39, 0.29) is 19.5 Å². The van der Waals surface area contributed by atoms with Crippen molar-refractivity contribution < 1.29 is 29.3 Å². The quantitative estimate of drug-likeness (QED) is 0.546. The van der Waals surface area contributed by atoms with Gasteiger partial charge in [-0.3, -0.25) is 14.5 Å². The summed E-state index contributed by atoms with van der Waals surface area (Å²) in [5.41, 5.74) is -1.50. The third-order valence-corrected chi connectivity index (χ3v) is 3.02. The molecule has 102 valence electrons. The average molecular weight is 260 g/mol. The first-order chi connectivity index (χ1) is 8.47. The fourth-order valence-corrected chi connectivity index (χ4v) is 2.02. The van der Waals surface area contributed by atoms with Gasteiger partial charge >= 0.3 is 12.1 Å². The number of aliphatic hydroxyl groups excluding tert-OH is 1. The summed E-state index contributed by atoms with van der Waals surface area (Å²) in [4.78, 5) is 34.8. The molecule has 0 radical (unpaired) electrons. The van der Waals surface area contributed by atoms with E-state index in [1.54, 1.807) is 0 Å². The second kappa shape index (κ2) is 5.67. The Morgan fingerprint density at radius 3 is 2.61 bits per heavy atom. The largest absolute Gasteiger partial charge is 0.468 e. The fourth-order valence-electron chi connectivity index (χ4n) is 2.02. The van der Waals surface area contributed by atoms with Crippen molar-refractivity contribution in [1.29, 1.82) is 0 Å². The van der Waals surface area contributed by atoms with Gasteiger partial charge in [-0.2, -0.15) is 0 Å². The highest BCUT2D eigenvalue weighted by Crippen LogP contribution is 2.29. The summed E-state index contributed by atoms with van der Waals surface area (Å²) < 4.78 is 4.36. The van der Waals surface area contributed by atoms with Gasteiger partial charge in [0.25, 0.3) is 0 Å². The third-order valence-electron chi connectivity index (χ3n) is 3.02. The van der Waals surface area contributed by atoms with E-state index < -0.39 is 30.1 Å². The molecule has 1 rings (SSSR count). The number of carbonyl (C=O) groups is 3. The maximum absolute atomic E-state index is 11.9. The summed E-state index contributed by atoms with van der Waals surface area (Å²) in [6.07, 6.45) is -0.559. The fraction of sp³-hybridized carbons (Fsp3) is 0.700. The molecule has 0 spiro atoms. The Morgan fingerprint density at radius 2 is 2.11 bits per heavy atom. The van der Waals surface area contributed by atoms with Crippen molar-refractivity contribution in [2.75, 3.05) is 26.8 Å². The molecule has 1 fully saturated rings. The van der Waals surface area contributed by atoms with Crippen LogP contribution < -0.4 is 5.32 Å². The van der Waals surface area contributed by atoms with Crippen LogP contribution in [0, 0.1) is 0 Å². The van der Waals surface area contributed by atoms with E-state index in [2.05, 4.69) is 10.1 Å². The number of amides is 2. The number of hydrogen-bond acceptors (Lipinski definition) is 5. The summed E-state index contributed by atoms with van der Waals surface area (Å²) in [5, 5.41) is 20.6. The Bertz CT molecular complexity index is 358. The zero-order chi connectivity index (χ0) is 13.8. The van der Waals surface area contributed by atoms with E-state index >= 15 is 0 Å². The monoisotopic (exact) mass is 260 g/mol. The van der Waals surface area contributed by atoms with Crippen LogP contribution in [0.2, 0.25) is 0 Å². The number of carboxylic acid groups (broad SMARTS) is 1. The van der Waals surface area contributed by atoms with Crippen LogP contribution >= 0.6 is 0 Å². The summed E-state index contributed by atoms with van der Waals surface area (Å²) >= 11 is 0. The van der Waals surface area contributed by atoms with Crippen LogP contribution in [0.4, 0.5) is 4.79 Å². The van der Waals surface area contributed by atoms with E-state index in [0.717, 1.165) is 4.90 Å². The van der Waals surface area contributed by atoms with E-state index in [1.807, 2.05) is 0 Å². The van der Waals surface area contributed by atoms with E-state index in [1.165, 1.54) is 7.11 Å². The number of esters is 1. The lowest BCUT2D eigenvalue weighted by molar-refractivity contribution is -0.143. The number of methoxy groups -OCH3 is 1. The van der Waals surface area contributed by atoms with Crippen LogP contribution in [0.25, 0.3) is 0 Å². The van der Waals surface area contributed by atoms with Crippen molar-refractivity contribution in [3.05, 3.63) is 0 Å². The van der Waals surface area contributed by atoms with Gasteiger partial charge in [0, 0.05) is 6.54 Å². The Morgan fingerprint density at radius 1 is 1.44 bits per heavy atom. The highest BCUT2D eigenvalue weighted by atomic mass is 16.5. The highest BCUT2D eigenvalue weighted by Gasteiger charge is 2.49. The average Bonchev–Trinajstić information content (AvgIpc) is 2.80. The van der Waals surface area contributed by atoms with Gasteiger partial charge in [-0.05, 0) is 12.8 Å². The van der Waals surface area contributed by atoms with Crippen molar-refractivity contribution in [3.63, 3.8) is 0 Å². The topological polar surface area (TPSA) is 116 Å². The van der Waals surface area contributed by atoms with Crippen LogP contribution in [0.1, 0.15) is 12.8 Å². The minimum Gasteiger partial charge on any atom is -0.468 e. The third kappa shape index (κ3) is 2.53. The van der Waals surface area contributed by atoms with E-state index in [0.29, 0.717) is 6.42 Å². The molecule has 1 aliphatic heterocycles. The molecule has 0 aliphatic carbocycles. The number of aliphatic hydroxyl groups is 1. The Kier molecular flexibility index (Phi) is 4.49. The summed E-state index contributed by atoms with van der Waals surface area (Å²) in [5.74, 6) is -1.33. The van der Waals surface area contributed by atoms with Crippen LogP contribution in [0.3, 0.4) is 0 Å². The maximum atomic E-state index is 11.9. The van der Waals surface area contributed by atoms with E-state index in [9.17, 15) is 19.5 Å². The highest BCUT2D eigenvalue weighted by molar-refractivity contribution is 5.92. The molecule has 1 heterocycles. The molecule has 1 atom stereocenters. The molecular weight excluding hydrogens is 244 g/mol. The summed E-state index contributed by atoms with van der Waals surface area (Å²) in [6.45, 7) is -0.793. The number of nitrogens with zero attached hydrogens (tertiary/aromatic N) is 1. The van der Waals surface area contributed by atoms with Gasteiger partial charge in [-0.25, -0.2) is 4.79 Å². The van der Waals surface area contributed by atoms with Crippen molar-refractivity contribution in [2.45, 2.75) is 18.4 Å². The molecule has 3 N–H and O–H groups in total. The molecule has 1 unspecified atom stereocenters. The molecule has 18 heavy (non-hydrogen) atoms. The van der Waals surface area contributed by atoms with Crippen molar-refractivity contribution in [2.24, 2.45) is 0 Å². The van der Waals surface area contributed by atoms with Gasteiger partial charge in [0.05, 0.1) is 13.7 Å². The molecule has 8 heteroatoms. The van der Waals surface area contributed by atoms with Crippen molar-refractivity contribution in [1.82, 2.24) is 10.2 Å². The van der Waals surface area contributed by atoms with Gasteiger partial charge in [-0.15, -0.1) is 0 Å². The molecule has 1 saturated heterocycles. The van der Waals surface area contributed by atoms with Gasteiger partial charge in [0.1, 0.15) is 12.1 Å². The van der Waals surface area contributed by atoms with Crippen LogP contribution in [0.5, 0.6) is 0 Å². The number of rotatable bonds is 4. The first-order valence-corrected chi connectivity index (χ1v) is 5.44. The van der Waals surface area contributed by atoms with Gasteiger partial charge < -0.3 is 20.3 Å². The van der Waals surface area contributed by atoms with Crippen molar-refractivity contribution >= 4 is 18.0 Å². The van der Waals surface area contributed by atoms with Gasteiger partial charge in [0.15, 0.2) is 0 Å². The smallest absolute Gasteiger partial charge is 0.408 e. The first-order valence-electron chi connectivity index (χ1n) is 5.44. The predicted octanol–water partition coefficient (Wildman–Crippen LogP) is -1.22. The number of hydrogen-bond donors (Lipinski definition) is 3. The molecule has 0 saturated carbocycles. The minimum atomic E-state index is -1.50. The molecule has 2 amide bonds. The van der Waals surface area contributed by atoms with Crippen LogP contribution in [0.15, 0.2) is 0 Å². The molecule has 0 aromatic rings. The van der Waals surface area contributed by atoms with Crippen LogP contribution in [-0.4, -0.2) is 65.4 Å². The summed E-state index contributed by atoms with van der Waals surface area (Å²) in [6, 6.07) is 0. The second-order valence-corrected chi connectivity index (χ2v) is 3.99. The van der Waals surface area contributed by atoms with Gasteiger partial charge in [-0.1, -0.05) is 0 Å². The first kappa shape index (κ1) is 14.2. The molecule has 0 aromatic heterocycles. The molecule has 0 bridgehead atoms. The lowest BCUT2D eigenvalue weighted by atomic mass is 9.96. The standard InChI is InChI=1S/C10H16N2O6/c1-18-7(14)5-11-8(15)10(6-13)3-2-4-12(10)9(16)17/h13H,2-6H2,1H3,(H,11,15)(H,16,17). The maximum Gasteiger partial charge on any atom is 0.408 e. The zero-order valence-electron chi connectivity index (χ0n) is 10.0. The number of likely N-dealkylation sites (tertiary alicyclic amines) is 1. The minimum absolute atomic E-state index is 0.182. The zero-order valence-corrected chi connectivity index (χ0v) is 10.0. The van der Waals surface area contributed by atoms with Gasteiger partial charge in [0.2, 0.25) is 5.91 Å². The van der Waals surface area contributed by atoms with E-state index in [4.69, 9.17) is 5.11 Å². The second-order valence-electron chi connectivity index (χ2n) is 3.99. The molecule has 1 aliphatic rings. The SMILES string of the molecule is COC(=O)CNC(=O)C1(CO)CCCN1C(=O)O. The van der Waals surface area contributed by atoms with Crippen molar-refractivity contribution in [3.8, 4) is 0 Å². The Labute approximate surface area is 104 Å². The Hall–Kier alpha value is -1.83. The molecular formula is C10H16N2O6.